The van der Waals surface area contributed by atoms with E-state index in [1.54, 1.807) is 18.2 Å². The van der Waals surface area contributed by atoms with E-state index in [0.29, 0.717) is 29.6 Å². The molecule has 124 valence electrons. The monoisotopic (exact) mass is 315 g/mol. The van der Waals surface area contributed by atoms with Gasteiger partial charge in [0.1, 0.15) is 0 Å². The fourth-order valence-corrected chi connectivity index (χ4v) is 4.03. The molecule has 3 rings (SSSR count). The molecule has 2 aliphatic rings. The van der Waals surface area contributed by atoms with Crippen molar-refractivity contribution in [2.45, 2.75) is 38.6 Å². The van der Waals surface area contributed by atoms with Crippen molar-refractivity contribution in [2.24, 2.45) is 23.5 Å². The van der Waals surface area contributed by atoms with Crippen LogP contribution in [0.2, 0.25) is 0 Å². The van der Waals surface area contributed by atoms with Gasteiger partial charge >= 0.3 is 0 Å². The zero-order valence-corrected chi connectivity index (χ0v) is 13.5. The van der Waals surface area contributed by atoms with Gasteiger partial charge in [-0.2, -0.15) is 0 Å². The molecular formula is C18H25N3O2. The molecule has 2 bridgehead atoms. The molecule has 2 amide bonds. The average Bonchev–Trinajstić information content (AvgIpc) is 3.13. The number of carbonyl (C=O) groups is 2. The van der Waals surface area contributed by atoms with Gasteiger partial charge in [0.25, 0.3) is 5.91 Å². The number of nitrogens with two attached hydrogens (primary N) is 1. The van der Waals surface area contributed by atoms with Crippen molar-refractivity contribution in [1.82, 2.24) is 5.32 Å². The Morgan fingerprint density at radius 3 is 2.74 bits per heavy atom. The molecule has 2 fully saturated rings. The third kappa shape index (κ3) is 3.24. The minimum absolute atomic E-state index is 0.00387. The molecule has 0 aromatic heterocycles. The van der Waals surface area contributed by atoms with Crippen LogP contribution in [0, 0.1) is 17.8 Å². The number of anilines is 1. The predicted octanol–water partition coefficient (Wildman–Crippen LogP) is 2.14. The van der Waals surface area contributed by atoms with Gasteiger partial charge in [0.2, 0.25) is 5.91 Å². The highest BCUT2D eigenvalue weighted by Crippen LogP contribution is 2.47. The summed E-state index contributed by atoms with van der Waals surface area (Å²) in [4.78, 5) is 24.6. The largest absolute Gasteiger partial charge is 0.352 e. The lowest BCUT2D eigenvalue weighted by atomic mass is 9.84. The molecule has 2 aliphatic carbocycles. The fraction of sp³-hybridized carbons (Fsp3) is 0.556. The van der Waals surface area contributed by atoms with E-state index in [2.05, 4.69) is 10.6 Å². The normalized spacial score (nSPS) is 28.6. The summed E-state index contributed by atoms with van der Waals surface area (Å²) in [6, 6.07) is 7.06. The van der Waals surface area contributed by atoms with Crippen LogP contribution in [0.4, 0.5) is 5.69 Å². The van der Waals surface area contributed by atoms with Crippen LogP contribution in [0.1, 0.15) is 43.0 Å². The van der Waals surface area contributed by atoms with Crippen molar-refractivity contribution in [3.63, 3.8) is 0 Å². The summed E-state index contributed by atoms with van der Waals surface area (Å²) in [6.07, 6.45) is 4.24. The van der Waals surface area contributed by atoms with Crippen molar-refractivity contribution >= 4 is 17.5 Å². The third-order valence-electron chi connectivity index (χ3n) is 5.21. The third-order valence-corrected chi connectivity index (χ3v) is 5.21. The van der Waals surface area contributed by atoms with Crippen molar-refractivity contribution in [2.75, 3.05) is 11.9 Å². The maximum absolute atomic E-state index is 12.6. The maximum atomic E-state index is 12.6. The predicted molar refractivity (Wildman–Crippen MR) is 90.0 cm³/mol. The number of rotatable bonds is 5. The van der Waals surface area contributed by atoms with Gasteiger partial charge in [0.05, 0.1) is 5.92 Å². The molecule has 1 aromatic carbocycles. The molecule has 4 N–H and O–H groups in total. The Kier molecular flexibility index (Phi) is 4.66. The number of hydrogen-bond acceptors (Lipinski definition) is 3. The molecule has 0 spiro atoms. The first kappa shape index (κ1) is 16.0. The van der Waals surface area contributed by atoms with Crippen LogP contribution in [0.25, 0.3) is 0 Å². The number of amides is 2. The molecule has 5 nitrogen and oxygen atoms in total. The number of hydrogen-bond donors (Lipinski definition) is 3. The number of nitrogens with one attached hydrogen (secondary N) is 2. The maximum Gasteiger partial charge on any atom is 0.251 e. The number of carbonyl (C=O) groups excluding carboxylic acids is 2. The molecule has 23 heavy (non-hydrogen) atoms. The molecule has 0 saturated heterocycles. The molecule has 4 atom stereocenters. The first-order valence-electron chi connectivity index (χ1n) is 8.55. The van der Waals surface area contributed by atoms with Gasteiger partial charge in [0, 0.05) is 23.8 Å². The second-order valence-electron chi connectivity index (χ2n) is 6.76. The summed E-state index contributed by atoms with van der Waals surface area (Å²) in [5, 5.41) is 5.79. The van der Waals surface area contributed by atoms with Crippen LogP contribution < -0.4 is 16.4 Å². The molecule has 4 unspecified atom stereocenters. The standard InChI is InChI=1S/C18H25N3O2/c1-2-8-20-17(22)13-4-3-5-14(10-13)21-18(23)15-11-6-7-12(9-11)16(15)19/h3-5,10-12,15-16H,2,6-9,19H2,1H3,(H,20,22)(H,21,23). The highest BCUT2D eigenvalue weighted by atomic mass is 16.2. The summed E-state index contributed by atoms with van der Waals surface area (Å²) in [6.45, 7) is 2.66. The van der Waals surface area contributed by atoms with Gasteiger partial charge < -0.3 is 16.4 Å². The number of fused-ring (bicyclic) bond motifs is 2. The van der Waals surface area contributed by atoms with Gasteiger partial charge in [-0.25, -0.2) is 0 Å². The topological polar surface area (TPSA) is 84.2 Å². The van der Waals surface area contributed by atoms with Crippen molar-refractivity contribution in [1.29, 1.82) is 0 Å². The van der Waals surface area contributed by atoms with E-state index in [9.17, 15) is 9.59 Å². The van der Waals surface area contributed by atoms with E-state index in [4.69, 9.17) is 5.73 Å². The van der Waals surface area contributed by atoms with Crippen LogP contribution in [-0.4, -0.2) is 24.4 Å². The van der Waals surface area contributed by atoms with Gasteiger partial charge in [0.15, 0.2) is 0 Å². The molecule has 1 aromatic rings. The molecule has 5 heteroatoms. The highest BCUT2D eigenvalue weighted by Gasteiger charge is 2.49. The molecular weight excluding hydrogens is 290 g/mol. The summed E-state index contributed by atoms with van der Waals surface area (Å²) in [5.41, 5.74) is 7.45. The second-order valence-corrected chi connectivity index (χ2v) is 6.76. The highest BCUT2D eigenvalue weighted by molar-refractivity contribution is 5.98. The Labute approximate surface area is 137 Å². The summed E-state index contributed by atoms with van der Waals surface area (Å²) in [5.74, 6) is 0.717. The zero-order valence-electron chi connectivity index (χ0n) is 13.5. The van der Waals surface area contributed by atoms with E-state index in [1.165, 1.54) is 0 Å². The SMILES string of the molecule is CCCNC(=O)c1cccc(NC(=O)C2C3CCC(C3)C2N)c1. The van der Waals surface area contributed by atoms with Crippen LogP contribution in [0.3, 0.4) is 0 Å². The minimum atomic E-state index is -0.112. The smallest absolute Gasteiger partial charge is 0.251 e. The lowest BCUT2D eigenvalue weighted by molar-refractivity contribution is -0.121. The van der Waals surface area contributed by atoms with Crippen LogP contribution in [0.15, 0.2) is 24.3 Å². The first-order valence-corrected chi connectivity index (χ1v) is 8.55. The average molecular weight is 315 g/mol. The molecule has 0 radical (unpaired) electrons. The van der Waals surface area contributed by atoms with Crippen LogP contribution in [0.5, 0.6) is 0 Å². The van der Waals surface area contributed by atoms with E-state index >= 15 is 0 Å². The van der Waals surface area contributed by atoms with Crippen LogP contribution in [-0.2, 0) is 4.79 Å². The summed E-state index contributed by atoms with van der Waals surface area (Å²) in [7, 11) is 0. The van der Waals surface area contributed by atoms with Gasteiger partial charge in [-0.1, -0.05) is 13.0 Å². The Morgan fingerprint density at radius 2 is 2.04 bits per heavy atom. The molecule has 0 heterocycles. The second kappa shape index (κ2) is 6.71. The van der Waals surface area contributed by atoms with E-state index < -0.39 is 0 Å². The van der Waals surface area contributed by atoms with Gasteiger partial charge in [-0.05, 0) is 55.7 Å². The van der Waals surface area contributed by atoms with E-state index in [0.717, 1.165) is 25.7 Å². The van der Waals surface area contributed by atoms with Gasteiger partial charge in [-0.3, -0.25) is 9.59 Å². The Hall–Kier alpha value is -1.88. The van der Waals surface area contributed by atoms with Crippen molar-refractivity contribution in [3.05, 3.63) is 29.8 Å². The Morgan fingerprint density at radius 1 is 1.26 bits per heavy atom. The van der Waals surface area contributed by atoms with E-state index in [-0.39, 0.29) is 23.8 Å². The Balaban J connectivity index is 1.66. The lowest BCUT2D eigenvalue weighted by Gasteiger charge is -2.27. The molecule has 2 saturated carbocycles. The first-order chi connectivity index (χ1) is 11.1. The van der Waals surface area contributed by atoms with Gasteiger partial charge in [-0.15, -0.1) is 0 Å². The summed E-state index contributed by atoms with van der Waals surface area (Å²) >= 11 is 0. The van der Waals surface area contributed by atoms with Crippen molar-refractivity contribution in [3.8, 4) is 0 Å². The fourth-order valence-electron chi connectivity index (χ4n) is 4.03. The Bertz CT molecular complexity index is 600. The quantitative estimate of drug-likeness (QED) is 0.778. The zero-order chi connectivity index (χ0) is 16.4. The number of benzene rings is 1. The molecule has 0 aliphatic heterocycles. The lowest BCUT2D eigenvalue weighted by Crippen LogP contribution is -2.42. The van der Waals surface area contributed by atoms with E-state index in [1.807, 2.05) is 13.0 Å². The van der Waals surface area contributed by atoms with Crippen molar-refractivity contribution < 1.29 is 9.59 Å². The van der Waals surface area contributed by atoms with Crippen LogP contribution >= 0.6 is 0 Å². The minimum Gasteiger partial charge on any atom is -0.352 e. The summed E-state index contributed by atoms with van der Waals surface area (Å²) < 4.78 is 0.